The predicted octanol–water partition coefficient (Wildman–Crippen LogP) is 1.33. The fourth-order valence-electron chi connectivity index (χ4n) is 2.79. The van der Waals surface area contributed by atoms with Crippen molar-refractivity contribution >= 4 is 5.78 Å². The van der Waals surface area contributed by atoms with E-state index >= 15 is 0 Å². The Hall–Kier alpha value is -1.20. The molecule has 5 heteroatoms. The van der Waals surface area contributed by atoms with E-state index in [0.29, 0.717) is 19.1 Å². The minimum Gasteiger partial charge on any atom is -0.384 e. The van der Waals surface area contributed by atoms with E-state index in [2.05, 4.69) is 23.7 Å². The van der Waals surface area contributed by atoms with Crippen LogP contribution in [0.25, 0.3) is 0 Å². The summed E-state index contributed by atoms with van der Waals surface area (Å²) in [4.78, 5) is 19.2. The lowest BCUT2D eigenvalue weighted by molar-refractivity contribution is -0.126. The van der Waals surface area contributed by atoms with E-state index in [0.717, 1.165) is 24.4 Å². The van der Waals surface area contributed by atoms with Crippen molar-refractivity contribution in [1.82, 2.24) is 14.5 Å². The summed E-state index contributed by atoms with van der Waals surface area (Å²) in [6, 6.07) is 0.172. The Morgan fingerprint density at radius 2 is 2.32 bits per heavy atom. The van der Waals surface area contributed by atoms with Crippen LogP contribution >= 0.6 is 0 Å². The molecular formula is C14H23N3O2. The fourth-order valence-corrected chi connectivity index (χ4v) is 2.79. The molecule has 0 N–H and O–H groups in total. The van der Waals surface area contributed by atoms with Crippen LogP contribution in [0.1, 0.15) is 37.7 Å². The zero-order valence-corrected chi connectivity index (χ0v) is 12.2. The predicted molar refractivity (Wildman–Crippen MR) is 73.0 cm³/mol. The van der Waals surface area contributed by atoms with Crippen LogP contribution in [-0.4, -0.2) is 46.5 Å². The van der Waals surface area contributed by atoms with Crippen molar-refractivity contribution in [2.75, 3.05) is 20.3 Å². The van der Waals surface area contributed by atoms with Crippen LogP contribution in [-0.2, 0) is 23.0 Å². The first-order valence-electron chi connectivity index (χ1n) is 6.83. The average Bonchev–Trinajstić information content (AvgIpc) is 2.76. The van der Waals surface area contributed by atoms with Crippen LogP contribution in [0.15, 0.2) is 6.33 Å². The van der Waals surface area contributed by atoms with Gasteiger partial charge in [0.1, 0.15) is 6.04 Å². The Labute approximate surface area is 114 Å². The second kappa shape index (κ2) is 5.84. The first-order chi connectivity index (χ1) is 9.06. The summed E-state index contributed by atoms with van der Waals surface area (Å²) < 4.78 is 7.02. The molecule has 106 valence electrons. The summed E-state index contributed by atoms with van der Waals surface area (Å²) in [5, 5.41) is 0. The normalized spacial score (nSPS) is 19.7. The number of nitrogens with zero attached hydrogens (tertiary/aromatic N) is 3. The highest BCUT2D eigenvalue weighted by atomic mass is 16.5. The van der Waals surface area contributed by atoms with Gasteiger partial charge in [-0.15, -0.1) is 0 Å². The van der Waals surface area contributed by atoms with Crippen LogP contribution < -0.4 is 0 Å². The molecule has 0 bridgehead atoms. The highest BCUT2D eigenvalue weighted by Gasteiger charge is 2.36. The molecule has 5 nitrogen and oxygen atoms in total. The molecule has 2 rings (SSSR count). The fraction of sp³-hybridized carbons (Fsp3) is 0.714. The second-order valence-corrected chi connectivity index (χ2v) is 5.38. The topological polar surface area (TPSA) is 47.4 Å². The molecule has 0 aliphatic carbocycles. The molecule has 1 aromatic rings. The summed E-state index contributed by atoms with van der Waals surface area (Å²) in [5.74, 6) is 0.222. The molecule has 0 saturated carbocycles. The first-order valence-corrected chi connectivity index (χ1v) is 6.83. The Balaban J connectivity index is 2.32. The molecule has 0 saturated heterocycles. The molecule has 2 heterocycles. The van der Waals surface area contributed by atoms with Gasteiger partial charge in [-0.05, 0) is 13.8 Å². The van der Waals surface area contributed by atoms with E-state index < -0.39 is 0 Å². The summed E-state index contributed by atoms with van der Waals surface area (Å²) >= 11 is 0. The molecule has 0 radical (unpaired) electrons. The number of hydrogen-bond acceptors (Lipinski definition) is 4. The van der Waals surface area contributed by atoms with Crippen molar-refractivity contribution in [3.63, 3.8) is 0 Å². The largest absolute Gasteiger partial charge is 0.384 e. The van der Waals surface area contributed by atoms with Crippen LogP contribution in [0.5, 0.6) is 0 Å². The van der Waals surface area contributed by atoms with Gasteiger partial charge in [0.05, 0.1) is 24.3 Å². The molecular weight excluding hydrogens is 242 g/mol. The van der Waals surface area contributed by atoms with E-state index in [1.807, 2.05) is 17.9 Å². The lowest BCUT2D eigenvalue weighted by atomic mass is 9.95. The second-order valence-electron chi connectivity index (χ2n) is 5.38. The molecule has 0 spiro atoms. The van der Waals surface area contributed by atoms with Gasteiger partial charge in [-0.2, -0.15) is 0 Å². The molecule has 1 aliphatic heterocycles. The standard InChI is InChI=1S/C14H23N3O2/c1-10(2)17-7-5-11-13(16(3)9-15-11)14(17)12(18)6-8-19-4/h9-10,14H,5-8H2,1-4H3. The third-order valence-corrected chi connectivity index (χ3v) is 3.78. The number of aromatic nitrogens is 2. The van der Waals surface area contributed by atoms with Gasteiger partial charge in [-0.25, -0.2) is 4.98 Å². The molecule has 1 unspecified atom stereocenters. The quantitative estimate of drug-likeness (QED) is 0.806. The van der Waals surface area contributed by atoms with Crippen LogP contribution in [0.2, 0.25) is 0 Å². The van der Waals surface area contributed by atoms with Gasteiger partial charge in [0.25, 0.3) is 0 Å². The molecule has 0 aromatic carbocycles. The first kappa shape index (κ1) is 14.2. The maximum atomic E-state index is 12.5. The third kappa shape index (κ3) is 2.72. The monoisotopic (exact) mass is 265 g/mol. The molecule has 19 heavy (non-hydrogen) atoms. The third-order valence-electron chi connectivity index (χ3n) is 3.78. The number of carbonyl (C=O) groups excluding carboxylic acids is 1. The van der Waals surface area contributed by atoms with Gasteiger partial charge in [-0.3, -0.25) is 9.69 Å². The van der Waals surface area contributed by atoms with Gasteiger partial charge < -0.3 is 9.30 Å². The number of methoxy groups -OCH3 is 1. The minimum atomic E-state index is -0.175. The van der Waals surface area contributed by atoms with E-state index in [-0.39, 0.29) is 11.8 Å². The minimum absolute atomic E-state index is 0.175. The molecule has 1 atom stereocenters. The van der Waals surface area contributed by atoms with Gasteiger partial charge in [0, 0.05) is 39.6 Å². The van der Waals surface area contributed by atoms with Crippen LogP contribution in [0, 0.1) is 0 Å². The van der Waals surface area contributed by atoms with Crippen molar-refractivity contribution in [2.24, 2.45) is 7.05 Å². The van der Waals surface area contributed by atoms with E-state index in [4.69, 9.17) is 4.74 Å². The zero-order chi connectivity index (χ0) is 14.0. The summed E-state index contributed by atoms with van der Waals surface area (Å²) in [6.45, 7) is 5.65. The lowest BCUT2D eigenvalue weighted by Gasteiger charge is -2.37. The zero-order valence-electron chi connectivity index (χ0n) is 12.2. The Kier molecular flexibility index (Phi) is 4.37. The number of Topliss-reactive ketones (excluding diaryl/α,β-unsaturated/α-hetero) is 1. The van der Waals surface area contributed by atoms with Gasteiger partial charge >= 0.3 is 0 Å². The Bertz CT molecular complexity index is 454. The summed E-state index contributed by atoms with van der Waals surface area (Å²) in [5.41, 5.74) is 2.12. The number of carbonyl (C=O) groups is 1. The van der Waals surface area contributed by atoms with Crippen LogP contribution in [0.4, 0.5) is 0 Å². The van der Waals surface area contributed by atoms with Crippen molar-refractivity contribution in [2.45, 2.75) is 38.8 Å². The number of imidazole rings is 1. The number of rotatable bonds is 5. The van der Waals surface area contributed by atoms with Crippen molar-refractivity contribution in [1.29, 1.82) is 0 Å². The average molecular weight is 265 g/mol. The van der Waals surface area contributed by atoms with E-state index in [9.17, 15) is 4.79 Å². The highest BCUT2D eigenvalue weighted by Crippen LogP contribution is 2.31. The Morgan fingerprint density at radius 1 is 1.58 bits per heavy atom. The van der Waals surface area contributed by atoms with Gasteiger partial charge in [0.15, 0.2) is 5.78 Å². The number of hydrogen-bond donors (Lipinski definition) is 0. The number of fused-ring (bicyclic) bond motifs is 1. The molecule has 1 aromatic heterocycles. The summed E-state index contributed by atoms with van der Waals surface area (Å²) in [7, 11) is 3.59. The number of ether oxygens (including phenoxy) is 1. The van der Waals surface area contributed by atoms with Crippen molar-refractivity contribution < 1.29 is 9.53 Å². The van der Waals surface area contributed by atoms with Gasteiger partial charge in [0.2, 0.25) is 0 Å². The number of aryl methyl sites for hydroxylation is 1. The Morgan fingerprint density at radius 3 is 2.95 bits per heavy atom. The maximum Gasteiger partial charge on any atom is 0.158 e. The maximum absolute atomic E-state index is 12.5. The SMILES string of the molecule is COCCC(=O)C1c2c(ncn2C)CCN1C(C)C. The summed E-state index contributed by atoms with van der Waals surface area (Å²) in [6.07, 6.45) is 3.18. The smallest absolute Gasteiger partial charge is 0.158 e. The highest BCUT2D eigenvalue weighted by molar-refractivity contribution is 5.85. The van der Waals surface area contributed by atoms with Gasteiger partial charge in [-0.1, -0.05) is 0 Å². The molecule has 0 fully saturated rings. The molecule has 0 amide bonds. The molecule has 1 aliphatic rings. The van der Waals surface area contributed by atoms with E-state index in [1.165, 1.54) is 0 Å². The van der Waals surface area contributed by atoms with Crippen molar-refractivity contribution in [3.8, 4) is 0 Å². The van der Waals surface area contributed by atoms with E-state index in [1.54, 1.807) is 7.11 Å². The van der Waals surface area contributed by atoms with Crippen molar-refractivity contribution in [3.05, 3.63) is 17.7 Å². The lowest BCUT2D eigenvalue weighted by Crippen LogP contribution is -2.44. The number of ketones is 1. The van der Waals surface area contributed by atoms with Crippen LogP contribution in [0.3, 0.4) is 0 Å².